The molecule has 2 aromatic carbocycles. The van der Waals surface area contributed by atoms with Crippen molar-refractivity contribution in [1.29, 1.82) is 0 Å². The molecule has 0 aliphatic carbocycles. The molecule has 1 atom stereocenters. The molecule has 4 aromatic rings. The van der Waals surface area contributed by atoms with E-state index in [0.29, 0.717) is 18.1 Å². The summed E-state index contributed by atoms with van der Waals surface area (Å²) in [5.74, 6) is -1.17. The number of H-pyrrole nitrogens is 1. The van der Waals surface area contributed by atoms with Gasteiger partial charge in [-0.1, -0.05) is 23.4 Å². The number of nitrogens with zero attached hydrogens (tertiary/aromatic N) is 3. The van der Waals surface area contributed by atoms with Crippen molar-refractivity contribution in [2.45, 2.75) is 18.8 Å². The fourth-order valence-electron chi connectivity index (χ4n) is 3.76. The summed E-state index contributed by atoms with van der Waals surface area (Å²) in [4.78, 5) is 21.3. The Morgan fingerprint density at radius 2 is 2.07 bits per heavy atom. The Kier molecular flexibility index (Phi) is 4.12. The van der Waals surface area contributed by atoms with Gasteiger partial charge in [-0.05, 0) is 23.8 Å². The summed E-state index contributed by atoms with van der Waals surface area (Å²) >= 11 is 0. The molecule has 0 saturated carbocycles. The van der Waals surface area contributed by atoms with Crippen LogP contribution in [-0.2, 0) is 11.2 Å². The van der Waals surface area contributed by atoms with Crippen LogP contribution in [0.1, 0.15) is 29.6 Å². The van der Waals surface area contributed by atoms with Gasteiger partial charge >= 0.3 is 0 Å². The van der Waals surface area contributed by atoms with Gasteiger partial charge in [0.25, 0.3) is 0 Å². The van der Waals surface area contributed by atoms with Crippen LogP contribution in [0.25, 0.3) is 10.9 Å². The molecule has 1 amide bonds. The zero-order valence-corrected chi connectivity index (χ0v) is 15.2. The largest absolute Gasteiger partial charge is 0.361 e. The van der Waals surface area contributed by atoms with Crippen molar-refractivity contribution < 1.29 is 18.1 Å². The Bertz CT molecular complexity index is 1220. The number of hydrogen-bond acceptors (Lipinski definition) is 4. The number of hydrogen-bond donors (Lipinski definition) is 1. The number of para-hydroxylation sites is 1. The van der Waals surface area contributed by atoms with E-state index in [1.807, 2.05) is 30.5 Å². The third-order valence-electron chi connectivity index (χ3n) is 5.19. The fraction of sp³-hybridized carbons (Fsp3) is 0.190. The van der Waals surface area contributed by atoms with Gasteiger partial charge in [0.1, 0.15) is 11.6 Å². The number of anilines is 1. The summed E-state index contributed by atoms with van der Waals surface area (Å²) in [5.41, 5.74) is 2.12. The molecule has 1 aliphatic heterocycles. The SMILES string of the molecule is O=C1CC(c2noc(Cc3c[nH]c4ccccc34)n2)CN1c1ccc(F)cc1F. The Hall–Kier alpha value is -3.55. The number of carbonyl (C=O) groups excluding carboxylic acids is 1. The van der Waals surface area contributed by atoms with Crippen molar-refractivity contribution in [1.82, 2.24) is 15.1 Å². The lowest BCUT2D eigenvalue weighted by atomic mass is 10.1. The monoisotopic (exact) mass is 394 g/mol. The van der Waals surface area contributed by atoms with Gasteiger partial charge in [-0.2, -0.15) is 4.98 Å². The number of nitrogens with one attached hydrogen (secondary N) is 1. The Morgan fingerprint density at radius 3 is 2.93 bits per heavy atom. The number of aromatic nitrogens is 3. The second-order valence-corrected chi connectivity index (χ2v) is 7.08. The second kappa shape index (κ2) is 6.80. The summed E-state index contributed by atoms with van der Waals surface area (Å²) in [6.45, 7) is 0.216. The molecule has 0 spiro atoms. The quantitative estimate of drug-likeness (QED) is 0.569. The first-order chi connectivity index (χ1) is 14.1. The molecular weight excluding hydrogens is 378 g/mol. The number of amides is 1. The van der Waals surface area contributed by atoms with Crippen molar-refractivity contribution in [3.63, 3.8) is 0 Å². The van der Waals surface area contributed by atoms with E-state index in [1.165, 1.54) is 11.0 Å². The van der Waals surface area contributed by atoms with Gasteiger partial charge in [0.05, 0.1) is 12.1 Å². The highest BCUT2D eigenvalue weighted by atomic mass is 19.1. The first-order valence-electron chi connectivity index (χ1n) is 9.21. The maximum Gasteiger partial charge on any atom is 0.231 e. The molecule has 5 rings (SSSR count). The van der Waals surface area contributed by atoms with Crippen molar-refractivity contribution in [2.75, 3.05) is 11.4 Å². The minimum Gasteiger partial charge on any atom is -0.361 e. The summed E-state index contributed by atoms with van der Waals surface area (Å²) < 4.78 is 32.6. The Morgan fingerprint density at radius 1 is 1.21 bits per heavy atom. The van der Waals surface area contributed by atoms with E-state index in [0.717, 1.165) is 28.6 Å². The lowest BCUT2D eigenvalue weighted by Gasteiger charge is -2.16. The smallest absolute Gasteiger partial charge is 0.231 e. The standard InChI is InChI=1S/C21H16F2N4O2/c22-14-5-6-18(16(23)9-14)27-11-13(8-20(27)28)21-25-19(29-26-21)7-12-10-24-17-4-2-1-3-15(12)17/h1-6,9-10,13,24H,7-8,11H2. The van der Waals surface area contributed by atoms with Crippen LogP contribution < -0.4 is 4.90 Å². The summed E-state index contributed by atoms with van der Waals surface area (Å²) in [6.07, 6.45) is 2.52. The van der Waals surface area contributed by atoms with Crippen LogP contribution in [-0.4, -0.2) is 27.6 Å². The molecule has 0 bridgehead atoms. The van der Waals surface area contributed by atoms with E-state index >= 15 is 0 Å². The highest BCUT2D eigenvalue weighted by molar-refractivity contribution is 5.96. The van der Waals surface area contributed by atoms with Crippen LogP contribution in [0.2, 0.25) is 0 Å². The molecule has 1 unspecified atom stereocenters. The van der Waals surface area contributed by atoms with Crippen LogP contribution in [0.3, 0.4) is 0 Å². The molecule has 1 saturated heterocycles. The molecule has 146 valence electrons. The van der Waals surface area contributed by atoms with Crippen LogP contribution in [0.5, 0.6) is 0 Å². The maximum atomic E-state index is 14.1. The number of rotatable bonds is 4. The number of fused-ring (bicyclic) bond motifs is 1. The molecule has 1 N–H and O–H groups in total. The van der Waals surface area contributed by atoms with Crippen LogP contribution in [0.4, 0.5) is 14.5 Å². The molecule has 6 nitrogen and oxygen atoms in total. The minimum atomic E-state index is -0.771. The van der Waals surface area contributed by atoms with Crippen LogP contribution in [0.15, 0.2) is 53.2 Å². The third kappa shape index (κ3) is 3.16. The molecule has 2 aromatic heterocycles. The molecular formula is C21H16F2N4O2. The van der Waals surface area contributed by atoms with E-state index in [1.54, 1.807) is 0 Å². The number of halogens is 2. The zero-order valence-electron chi connectivity index (χ0n) is 15.2. The number of benzene rings is 2. The fourth-order valence-corrected chi connectivity index (χ4v) is 3.76. The number of aromatic amines is 1. The third-order valence-corrected chi connectivity index (χ3v) is 5.19. The predicted molar refractivity (Wildman–Crippen MR) is 101 cm³/mol. The van der Waals surface area contributed by atoms with Gasteiger partial charge in [0.2, 0.25) is 11.8 Å². The summed E-state index contributed by atoms with van der Waals surface area (Å²) in [6, 6.07) is 11.1. The van der Waals surface area contributed by atoms with Crippen molar-refractivity contribution in [3.05, 3.63) is 77.6 Å². The topological polar surface area (TPSA) is 75.0 Å². The second-order valence-electron chi connectivity index (χ2n) is 7.08. The van der Waals surface area contributed by atoms with E-state index in [-0.39, 0.29) is 30.5 Å². The van der Waals surface area contributed by atoms with Gasteiger partial charge < -0.3 is 14.4 Å². The molecule has 0 radical (unpaired) electrons. The number of carbonyl (C=O) groups is 1. The van der Waals surface area contributed by atoms with Gasteiger partial charge in [0, 0.05) is 42.0 Å². The van der Waals surface area contributed by atoms with Crippen molar-refractivity contribution in [3.8, 4) is 0 Å². The van der Waals surface area contributed by atoms with Crippen molar-refractivity contribution >= 4 is 22.5 Å². The van der Waals surface area contributed by atoms with Gasteiger partial charge in [-0.25, -0.2) is 8.78 Å². The van der Waals surface area contributed by atoms with E-state index in [2.05, 4.69) is 15.1 Å². The van der Waals surface area contributed by atoms with E-state index in [4.69, 9.17) is 4.52 Å². The average molecular weight is 394 g/mol. The highest BCUT2D eigenvalue weighted by Gasteiger charge is 2.35. The zero-order chi connectivity index (χ0) is 20.0. The van der Waals surface area contributed by atoms with Crippen LogP contribution >= 0.6 is 0 Å². The van der Waals surface area contributed by atoms with Gasteiger partial charge in [-0.3, -0.25) is 4.79 Å². The van der Waals surface area contributed by atoms with Crippen LogP contribution in [0, 0.1) is 11.6 Å². The molecule has 8 heteroatoms. The van der Waals surface area contributed by atoms with Crippen molar-refractivity contribution in [2.24, 2.45) is 0 Å². The minimum absolute atomic E-state index is 0.0569. The first kappa shape index (κ1) is 17.5. The first-order valence-corrected chi connectivity index (χ1v) is 9.21. The highest BCUT2D eigenvalue weighted by Crippen LogP contribution is 2.32. The molecule has 1 fully saturated rings. The lowest BCUT2D eigenvalue weighted by molar-refractivity contribution is -0.117. The van der Waals surface area contributed by atoms with E-state index in [9.17, 15) is 13.6 Å². The maximum absolute atomic E-state index is 14.1. The average Bonchev–Trinajstić information content (AvgIpc) is 3.42. The van der Waals surface area contributed by atoms with E-state index < -0.39 is 11.6 Å². The lowest BCUT2D eigenvalue weighted by Crippen LogP contribution is -2.25. The summed E-state index contributed by atoms with van der Waals surface area (Å²) in [7, 11) is 0. The molecule has 29 heavy (non-hydrogen) atoms. The predicted octanol–water partition coefficient (Wildman–Crippen LogP) is 3.94. The van der Waals surface area contributed by atoms with Gasteiger partial charge in [0.15, 0.2) is 5.82 Å². The van der Waals surface area contributed by atoms with Gasteiger partial charge in [-0.15, -0.1) is 0 Å². The normalized spacial score (nSPS) is 16.8. The summed E-state index contributed by atoms with van der Waals surface area (Å²) in [5, 5.41) is 5.11. The molecule has 3 heterocycles. The molecule has 1 aliphatic rings. The Balaban J connectivity index is 1.35. The Labute approximate surface area is 164 Å².